The molecule has 0 saturated heterocycles. The van der Waals surface area contributed by atoms with Gasteiger partial charge in [0.05, 0.1) is 24.7 Å². The molecule has 4 aromatic rings. The van der Waals surface area contributed by atoms with Gasteiger partial charge in [0.15, 0.2) is 11.5 Å². The number of esters is 1. The Morgan fingerprint density at radius 1 is 0.811 bits per heavy atom. The Hall–Kier alpha value is -4.64. The van der Waals surface area contributed by atoms with Crippen LogP contribution in [0.5, 0.6) is 11.5 Å². The number of fused-ring (bicyclic) bond motifs is 1. The summed E-state index contributed by atoms with van der Waals surface area (Å²) in [5.74, 6) is -0.0826. The number of aromatic nitrogens is 2. The van der Waals surface area contributed by atoms with Crippen LogP contribution >= 0.6 is 0 Å². The minimum Gasteiger partial charge on any atom is -0.496 e. The first-order valence-corrected chi connectivity index (χ1v) is 12.5. The van der Waals surface area contributed by atoms with E-state index in [-0.39, 0.29) is 39.3 Å². The van der Waals surface area contributed by atoms with Crippen molar-refractivity contribution < 1.29 is 31.8 Å². The predicted molar refractivity (Wildman–Crippen MR) is 133 cm³/mol. The first-order valence-electron chi connectivity index (χ1n) is 11.0. The van der Waals surface area contributed by atoms with Gasteiger partial charge in [-0.05, 0) is 36.4 Å². The Kier molecular flexibility index (Phi) is 6.14. The fourth-order valence-corrected chi connectivity index (χ4v) is 5.35. The van der Waals surface area contributed by atoms with Crippen molar-refractivity contribution in [3.8, 4) is 23.0 Å². The van der Waals surface area contributed by atoms with Crippen LogP contribution in [-0.4, -0.2) is 50.2 Å². The van der Waals surface area contributed by atoms with E-state index in [0.29, 0.717) is 17.1 Å². The van der Waals surface area contributed by atoms with E-state index in [1.54, 1.807) is 66.7 Å². The quantitative estimate of drug-likeness (QED) is 0.347. The van der Waals surface area contributed by atoms with E-state index in [0.717, 1.165) is 4.31 Å². The summed E-state index contributed by atoms with van der Waals surface area (Å²) < 4.78 is 50.1. The van der Waals surface area contributed by atoms with Crippen molar-refractivity contribution in [1.29, 1.82) is 0 Å². The van der Waals surface area contributed by atoms with Crippen LogP contribution in [0.4, 0.5) is 0 Å². The first-order chi connectivity index (χ1) is 17.9. The third kappa shape index (κ3) is 4.08. The second-order valence-electron chi connectivity index (χ2n) is 7.85. The predicted octanol–water partition coefficient (Wildman–Crippen LogP) is 4.07. The number of carbonyl (C=O) groups excluding carboxylic acids is 1. The maximum absolute atomic E-state index is 13.4. The molecular formula is C26H21N3O7S. The summed E-state index contributed by atoms with van der Waals surface area (Å²) in [6.07, 6.45) is 0. The number of carbonyl (C=O) groups is 1. The molecule has 0 amide bonds. The molecule has 0 aliphatic carbocycles. The molecule has 0 atom stereocenters. The molecule has 188 valence electrons. The maximum Gasteiger partial charge on any atom is 0.347 e. The number of ether oxygens (including phenoxy) is 3. The summed E-state index contributed by atoms with van der Waals surface area (Å²) in [6, 6.07) is 19.8. The Morgan fingerprint density at radius 3 is 2.14 bits per heavy atom. The average Bonchev–Trinajstić information content (AvgIpc) is 3.41. The van der Waals surface area contributed by atoms with Crippen molar-refractivity contribution in [2.75, 3.05) is 21.3 Å². The molecule has 0 bridgehead atoms. The van der Waals surface area contributed by atoms with Crippen molar-refractivity contribution >= 4 is 27.4 Å². The van der Waals surface area contributed by atoms with Gasteiger partial charge in [-0.2, -0.15) is 0 Å². The average molecular weight is 520 g/mol. The number of benzene rings is 3. The van der Waals surface area contributed by atoms with Crippen LogP contribution in [0, 0.1) is 0 Å². The molecule has 1 aliphatic rings. The Bertz CT molecular complexity index is 1640. The zero-order chi connectivity index (χ0) is 26.2. The van der Waals surface area contributed by atoms with E-state index in [1.165, 1.54) is 27.3 Å². The summed E-state index contributed by atoms with van der Waals surface area (Å²) in [4.78, 5) is 13.2. The summed E-state index contributed by atoms with van der Waals surface area (Å²) >= 11 is 0. The molecule has 1 aromatic heterocycles. The molecule has 10 nitrogen and oxygen atoms in total. The van der Waals surface area contributed by atoms with Crippen LogP contribution in [0.15, 0.2) is 82.1 Å². The second-order valence-corrected chi connectivity index (χ2v) is 9.79. The van der Waals surface area contributed by atoms with E-state index >= 15 is 0 Å². The third-order valence-electron chi connectivity index (χ3n) is 5.79. The topological polar surface area (TPSA) is 121 Å². The van der Waals surface area contributed by atoms with Crippen molar-refractivity contribution in [2.24, 2.45) is 0 Å². The molecule has 11 heteroatoms. The van der Waals surface area contributed by atoms with Gasteiger partial charge in [0.2, 0.25) is 0 Å². The Morgan fingerprint density at radius 2 is 1.41 bits per heavy atom. The Labute approximate surface area is 212 Å². The minimum absolute atomic E-state index is 0.0338. The molecule has 0 spiro atoms. The van der Waals surface area contributed by atoms with E-state index < -0.39 is 16.0 Å². The van der Waals surface area contributed by atoms with E-state index in [4.69, 9.17) is 18.6 Å². The van der Waals surface area contributed by atoms with Crippen molar-refractivity contribution in [3.05, 3.63) is 89.8 Å². The van der Waals surface area contributed by atoms with Gasteiger partial charge < -0.3 is 18.6 Å². The molecule has 0 unspecified atom stereocenters. The van der Waals surface area contributed by atoms with Crippen LogP contribution in [0.3, 0.4) is 0 Å². The van der Waals surface area contributed by atoms with Crippen LogP contribution in [0.2, 0.25) is 0 Å². The molecule has 2 heterocycles. The zero-order valence-electron chi connectivity index (χ0n) is 20.0. The third-order valence-corrected chi connectivity index (χ3v) is 7.60. The van der Waals surface area contributed by atoms with Crippen molar-refractivity contribution in [1.82, 2.24) is 14.5 Å². The van der Waals surface area contributed by atoms with Crippen LogP contribution < -0.4 is 9.47 Å². The Balaban J connectivity index is 1.70. The lowest BCUT2D eigenvalue weighted by atomic mass is 10.1. The maximum atomic E-state index is 13.4. The van der Waals surface area contributed by atoms with Crippen LogP contribution in [-0.2, 0) is 14.8 Å². The van der Waals surface area contributed by atoms with Gasteiger partial charge in [0, 0.05) is 12.6 Å². The van der Waals surface area contributed by atoms with E-state index in [2.05, 4.69) is 10.2 Å². The van der Waals surface area contributed by atoms with Gasteiger partial charge in [-0.3, -0.25) is 4.31 Å². The first kappa shape index (κ1) is 24.1. The number of methoxy groups -OCH3 is 2. The molecule has 0 saturated carbocycles. The van der Waals surface area contributed by atoms with Gasteiger partial charge in [0.1, 0.15) is 17.1 Å². The fourth-order valence-electron chi connectivity index (χ4n) is 3.96. The van der Waals surface area contributed by atoms with Crippen molar-refractivity contribution in [2.45, 2.75) is 4.90 Å². The number of para-hydroxylation sites is 2. The number of nitrogens with zero attached hydrogens (tertiary/aromatic N) is 3. The van der Waals surface area contributed by atoms with Crippen LogP contribution in [0.1, 0.15) is 21.8 Å². The van der Waals surface area contributed by atoms with Gasteiger partial charge >= 0.3 is 5.97 Å². The molecule has 0 N–H and O–H groups in total. The van der Waals surface area contributed by atoms with Gasteiger partial charge in [-0.15, -0.1) is 10.2 Å². The van der Waals surface area contributed by atoms with Gasteiger partial charge in [-0.1, -0.05) is 36.4 Å². The summed E-state index contributed by atoms with van der Waals surface area (Å²) in [5.41, 5.74) is 0.760. The molecule has 37 heavy (non-hydrogen) atoms. The van der Waals surface area contributed by atoms with Crippen LogP contribution in [0.25, 0.3) is 22.9 Å². The second kappa shape index (κ2) is 9.43. The summed E-state index contributed by atoms with van der Waals surface area (Å²) in [5, 5.41) is 8.19. The smallest absolute Gasteiger partial charge is 0.347 e. The zero-order valence-corrected chi connectivity index (χ0v) is 20.9. The minimum atomic E-state index is -4.03. The number of hydrogen-bond acceptors (Lipinski definition) is 9. The van der Waals surface area contributed by atoms with Gasteiger partial charge in [0.25, 0.3) is 21.8 Å². The number of hydrogen-bond donors (Lipinski definition) is 0. The standard InChI is InChI=1S/C26H21N3O7S/c1-29-22(25-28-27-24(36-25)16-10-4-7-13-19(16)33-2)23(18-12-6-9-15-21(18)37(29,31)32)35-26(30)17-11-5-8-14-20(17)34-3/h4-15H,1-3H3. The SMILES string of the molecule is COc1ccccc1C(=O)OC1=C(c2nnc(-c3ccccc3OC)o2)N(C)S(=O)(=O)c2ccccc21. The number of rotatable bonds is 6. The molecule has 1 aliphatic heterocycles. The summed E-state index contributed by atoms with van der Waals surface area (Å²) in [6.45, 7) is 0. The normalized spacial score (nSPS) is 14.2. The molecule has 3 aromatic carbocycles. The highest BCUT2D eigenvalue weighted by Crippen LogP contribution is 2.42. The molecule has 0 fully saturated rings. The van der Waals surface area contributed by atoms with Crippen molar-refractivity contribution in [3.63, 3.8) is 0 Å². The molecule has 0 radical (unpaired) electrons. The highest BCUT2D eigenvalue weighted by Gasteiger charge is 2.40. The summed E-state index contributed by atoms with van der Waals surface area (Å²) in [7, 11) is 0.240. The van der Waals surface area contributed by atoms with E-state index in [9.17, 15) is 13.2 Å². The monoisotopic (exact) mass is 519 g/mol. The van der Waals surface area contributed by atoms with Gasteiger partial charge in [-0.25, -0.2) is 13.2 Å². The highest BCUT2D eigenvalue weighted by atomic mass is 32.2. The lowest BCUT2D eigenvalue weighted by Crippen LogP contribution is -2.32. The highest BCUT2D eigenvalue weighted by molar-refractivity contribution is 7.89. The molecule has 5 rings (SSSR count). The van der Waals surface area contributed by atoms with E-state index in [1.807, 2.05) is 0 Å². The lowest BCUT2D eigenvalue weighted by Gasteiger charge is -2.29. The molecular weight excluding hydrogens is 498 g/mol. The fraction of sp³-hybridized carbons (Fsp3) is 0.115. The number of sulfonamides is 1. The lowest BCUT2D eigenvalue weighted by molar-refractivity contribution is 0.0687. The largest absolute Gasteiger partial charge is 0.496 e.